The molecule has 0 spiro atoms. The maximum atomic E-state index is 4.63. The van der Waals surface area contributed by atoms with E-state index < -0.39 is 0 Å². The molecule has 0 saturated carbocycles. The number of aromatic nitrogens is 3. The molecule has 0 radical (unpaired) electrons. The van der Waals surface area contributed by atoms with Crippen molar-refractivity contribution in [2.45, 2.75) is 19.5 Å². The van der Waals surface area contributed by atoms with Crippen LogP contribution in [0.2, 0.25) is 0 Å². The van der Waals surface area contributed by atoms with Crippen molar-refractivity contribution in [1.82, 2.24) is 20.4 Å². The van der Waals surface area contributed by atoms with Crippen molar-refractivity contribution in [3.63, 3.8) is 0 Å². The van der Waals surface area contributed by atoms with Gasteiger partial charge in [0.05, 0.1) is 12.1 Å². The Kier molecular flexibility index (Phi) is 2.85. The minimum absolute atomic E-state index is 0.265. The Balaban J connectivity index is 1.87. The minimum Gasteiger partial charge on any atom is -0.343 e. The van der Waals surface area contributed by atoms with Crippen molar-refractivity contribution in [1.29, 1.82) is 0 Å². The molecule has 1 atom stereocenters. The second-order valence-corrected chi connectivity index (χ2v) is 3.77. The highest BCUT2D eigenvalue weighted by Crippen LogP contribution is 2.16. The number of hydrogen-bond donors (Lipinski definition) is 1. The molecular weight excluding hydrogens is 200 g/mol. The summed E-state index contributed by atoms with van der Waals surface area (Å²) in [5.41, 5.74) is 1.82. The van der Waals surface area contributed by atoms with E-state index in [0.29, 0.717) is 12.4 Å². The van der Waals surface area contributed by atoms with Gasteiger partial charge in [-0.15, -0.1) is 11.3 Å². The van der Waals surface area contributed by atoms with Crippen molar-refractivity contribution >= 4 is 11.3 Å². The number of thiazole rings is 1. The molecule has 6 heteroatoms. The summed E-state index contributed by atoms with van der Waals surface area (Å²) in [7, 11) is 0. The molecule has 0 fully saturated rings. The van der Waals surface area contributed by atoms with Crippen molar-refractivity contribution in [3.05, 3.63) is 28.8 Å². The lowest BCUT2D eigenvalue weighted by molar-refractivity contribution is 0.405. The average molecular weight is 210 g/mol. The van der Waals surface area contributed by atoms with Crippen LogP contribution in [0.4, 0.5) is 0 Å². The third-order valence-corrected chi connectivity index (χ3v) is 2.81. The number of rotatable bonds is 4. The summed E-state index contributed by atoms with van der Waals surface area (Å²) < 4.78 is 4.63. The van der Waals surface area contributed by atoms with Crippen LogP contribution in [0.5, 0.6) is 0 Å². The van der Waals surface area contributed by atoms with Crippen LogP contribution in [0.1, 0.15) is 23.7 Å². The molecule has 2 rings (SSSR count). The molecular formula is C8H10N4OS. The zero-order chi connectivity index (χ0) is 9.80. The van der Waals surface area contributed by atoms with E-state index in [1.807, 2.05) is 11.7 Å². The second kappa shape index (κ2) is 4.30. The molecule has 0 saturated heterocycles. The molecule has 1 N–H and O–H groups in total. The van der Waals surface area contributed by atoms with Gasteiger partial charge in [0.25, 0.3) is 0 Å². The van der Waals surface area contributed by atoms with Gasteiger partial charge in [-0.05, 0) is 6.92 Å². The normalized spacial score (nSPS) is 12.9. The lowest BCUT2D eigenvalue weighted by Gasteiger charge is -2.08. The fourth-order valence-electron chi connectivity index (χ4n) is 1.05. The monoisotopic (exact) mass is 210 g/mol. The van der Waals surface area contributed by atoms with E-state index in [0.717, 1.165) is 0 Å². The van der Waals surface area contributed by atoms with Gasteiger partial charge in [-0.25, -0.2) is 0 Å². The van der Waals surface area contributed by atoms with Crippen molar-refractivity contribution < 1.29 is 4.52 Å². The summed E-state index contributed by atoms with van der Waals surface area (Å²) in [6, 6.07) is 0.265. The predicted molar refractivity (Wildman–Crippen MR) is 51.7 cm³/mol. The number of hydrogen-bond acceptors (Lipinski definition) is 6. The smallest absolute Gasteiger partial charge is 0.213 e. The first-order chi connectivity index (χ1) is 6.86. The fourth-order valence-corrected chi connectivity index (χ4v) is 1.71. The Bertz CT molecular complexity index is 359. The van der Waals surface area contributed by atoms with Crippen LogP contribution < -0.4 is 5.32 Å². The zero-order valence-corrected chi connectivity index (χ0v) is 8.49. The van der Waals surface area contributed by atoms with E-state index in [2.05, 4.69) is 31.9 Å². The van der Waals surface area contributed by atoms with Gasteiger partial charge in [-0.3, -0.25) is 4.98 Å². The van der Waals surface area contributed by atoms with Crippen LogP contribution >= 0.6 is 11.3 Å². The summed E-state index contributed by atoms with van der Waals surface area (Å²) in [5.74, 6) is 0.668. The van der Waals surface area contributed by atoms with E-state index in [1.165, 1.54) is 11.3 Å². The van der Waals surface area contributed by atoms with Gasteiger partial charge in [0.1, 0.15) is 0 Å². The molecule has 74 valence electrons. The Morgan fingerprint density at radius 2 is 2.57 bits per heavy atom. The molecule has 2 heterocycles. The topological polar surface area (TPSA) is 63.8 Å². The van der Waals surface area contributed by atoms with E-state index in [9.17, 15) is 0 Å². The molecule has 2 aromatic rings. The maximum Gasteiger partial charge on any atom is 0.213 e. The molecule has 2 aromatic heterocycles. The predicted octanol–water partition coefficient (Wildman–Crippen LogP) is 1.38. The van der Waals surface area contributed by atoms with Crippen molar-refractivity contribution in [2.75, 3.05) is 0 Å². The molecule has 0 bridgehead atoms. The Morgan fingerprint density at radius 1 is 1.64 bits per heavy atom. The molecule has 0 aliphatic carbocycles. The fraction of sp³-hybridized carbons (Fsp3) is 0.375. The van der Waals surface area contributed by atoms with Crippen LogP contribution in [0.3, 0.4) is 0 Å². The lowest BCUT2D eigenvalue weighted by Crippen LogP contribution is -2.17. The van der Waals surface area contributed by atoms with Crippen molar-refractivity contribution in [3.8, 4) is 0 Å². The summed E-state index contributed by atoms with van der Waals surface area (Å²) in [5, 5.41) is 6.98. The highest BCUT2D eigenvalue weighted by Gasteiger charge is 2.07. The van der Waals surface area contributed by atoms with E-state index in [4.69, 9.17) is 0 Å². The molecule has 0 aliphatic rings. The Labute approximate surface area is 85.2 Å². The third-order valence-electron chi connectivity index (χ3n) is 1.85. The van der Waals surface area contributed by atoms with Gasteiger partial charge in [0, 0.05) is 17.1 Å². The quantitative estimate of drug-likeness (QED) is 0.825. The molecule has 1 unspecified atom stereocenters. The first-order valence-corrected chi connectivity index (χ1v) is 5.11. The van der Waals surface area contributed by atoms with Crippen LogP contribution in [0.25, 0.3) is 0 Å². The Morgan fingerprint density at radius 3 is 3.21 bits per heavy atom. The molecule has 0 aliphatic heterocycles. The van der Waals surface area contributed by atoms with Gasteiger partial charge >= 0.3 is 0 Å². The van der Waals surface area contributed by atoms with Gasteiger partial charge in [-0.2, -0.15) is 4.98 Å². The first-order valence-electron chi connectivity index (χ1n) is 4.23. The number of nitrogens with zero attached hydrogens (tertiary/aromatic N) is 3. The maximum absolute atomic E-state index is 4.63. The summed E-state index contributed by atoms with van der Waals surface area (Å²) >= 11 is 1.63. The van der Waals surface area contributed by atoms with Crippen LogP contribution in [0.15, 0.2) is 22.6 Å². The van der Waals surface area contributed by atoms with Crippen LogP contribution in [0, 0.1) is 0 Å². The molecule has 0 aromatic carbocycles. The zero-order valence-electron chi connectivity index (χ0n) is 7.67. The van der Waals surface area contributed by atoms with E-state index in [1.54, 1.807) is 11.3 Å². The summed E-state index contributed by atoms with van der Waals surface area (Å²) in [4.78, 5) is 9.14. The summed E-state index contributed by atoms with van der Waals surface area (Å²) in [6.45, 7) is 2.68. The van der Waals surface area contributed by atoms with Gasteiger partial charge < -0.3 is 9.84 Å². The van der Waals surface area contributed by atoms with Crippen LogP contribution in [-0.2, 0) is 6.54 Å². The second-order valence-electron chi connectivity index (χ2n) is 2.85. The highest BCUT2D eigenvalue weighted by molar-refractivity contribution is 7.09. The van der Waals surface area contributed by atoms with Gasteiger partial charge in [-0.1, -0.05) is 5.16 Å². The van der Waals surface area contributed by atoms with E-state index >= 15 is 0 Å². The minimum atomic E-state index is 0.265. The highest BCUT2D eigenvalue weighted by atomic mass is 32.1. The van der Waals surface area contributed by atoms with E-state index in [-0.39, 0.29) is 6.04 Å². The molecule has 0 amide bonds. The number of nitrogens with one attached hydrogen (secondary N) is 1. The SMILES string of the molecule is CC(NCc1ncon1)c1cncs1. The Hall–Kier alpha value is -1.27. The third kappa shape index (κ3) is 2.15. The van der Waals surface area contributed by atoms with Crippen molar-refractivity contribution in [2.24, 2.45) is 0 Å². The lowest BCUT2D eigenvalue weighted by atomic mass is 10.3. The molecule has 14 heavy (non-hydrogen) atoms. The summed E-state index contributed by atoms with van der Waals surface area (Å²) in [6.07, 6.45) is 3.19. The largest absolute Gasteiger partial charge is 0.343 e. The molecule has 5 nitrogen and oxygen atoms in total. The standard InChI is InChI=1S/C8H10N4OS/c1-6(7-2-9-5-14-7)10-3-8-11-4-13-12-8/h2,4-6,10H,3H2,1H3. The van der Waals surface area contributed by atoms with Gasteiger partial charge in [0.2, 0.25) is 6.39 Å². The van der Waals surface area contributed by atoms with Gasteiger partial charge in [0.15, 0.2) is 5.82 Å². The first kappa shape index (κ1) is 9.29. The average Bonchev–Trinajstić information content (AvgIpc) is 2.87. The van der Waals surface area contributed by atoms with Crippen LogP contribution in [-0.4, -0.2) is 15.1 Å².